The van der Waals surface area contributed by atoms with Crippen LogP contribution >= 0.6 is 12.2 Å². The molecule has 0 aliphatic rings. The lowest BCUT2D eigenvalue weighted by atomic mass is 10.0. The zero-order valence-electron chi connectivity index (χ0n) is 12.5. The van der Waals surface area contributed by atoms with Crippen LogP contribution in [0.15, 0.2) is 0 Å². The Morgan fingerprint density at radius 1 is 0.833 bits per heavy atom. The molecule has 0 bridgehead atoms. The molecular weight excluding hydrogens is 238 g/mol. The summed E-state index contributed by atoms with van der Waals surface area (Å²) in [6, 6.07) is 0. The van der Waals surface area contributed by atoms with Crippen molar-refractivity contribution in [1.82, 2.24) is 0 Å². The maximum atomic E-state index is 5.60. The summed E-state index contributed by atoms with van der Waals surface area (Å²) in [7, 11) is 0. The highest BCUT2D eigenvalue weighted by Crippen LogP contribution is 2.14. The van der Waals surface area contributed by atoms with Crippen molar-refractivity contribution in [3.63, 3.8) is 0 Å². The Hall–Kier alpha value is -0.110. The van der Waals surface area contributed by atoms with Gasteiger partial charge in [-0.15, -0.1) is 0 Å². The first-order valence-corrected chi connectivity index (χ1v) is 8.38. The van der Waals surface area contributed by atoms with E-state index in [1.807, 2.05) is 0 Å². The molecule has 108 valence electrons. The van der Waals surface area contributed by atoms with Gasteiger partial charge in [0.1, 0.15) is 0 Å². The number of rotatable bonds is 13. The van der Waals surface area contributed by atoms with Gasteiger partial charge in [-0.25, -0.2) is 0 Å². The van der Waals surface area contributed by atoms with Gasteiger partial charge in [0, 0.05) is 5.92 Å². The molecule has 2 N–H and O–H groups in total. The van der Waals surface area contributed by atoms with Crippen molar-refractivity contribution in [2.75, 3.05) is 0 Å². The van der Waals surface area contributed by atoms with Crippen LogP contribution in [0.3, 0.4) is 0 Å². The molecule has 0 aliphatic heterocycles. The fourth-order valence-electron chi connectivity index (χ4n) is 2.26. The number of unbranched alkanes of at least 4 members (excludes halogenated alkanes) is 10. The zero-order valence-corrected chi connectivity index (χ0v) is 13.4. The maximum absolute atomic E-state index is 5.60. The molecule has 0 heterocycles. The molecule has 0 aromatic heterocycles. The maximum Gasteiger partial charge on any atom is 0.0755 e. The van der Waals surface area contributed by atoms with Gasteiger partial charge in [0.05, 0.1) is 4.99 Å². The van der Waals surface area contributed by atoms with Crippen LogP contribution in [-0.2, 0) is 0 Å². The van der Waals surface area contributed by atoms with Gasteiger partial charge in [0.15, 0.2) is 0 Å². The molecule has 0 rings (SSSR count). The molecule has 0 aliphatic carbocycles. The first kappa shape index (κ1) is 17.9. The second-order valence-electron chi connectivity index (χ2n) is 5.63. The van der Waals surface area contributed by atoms with Gasteiger partial charge in [-0.2, -0.15) is 0 Å². The Morgan fingerprint density at radius 3 is 1.61 bits per heavy atom. The van der Waals surface area contributed by atoms with E-state index in [9.17, 15) is 0 Å². The quantitative estimate of drug-likeness (QED) is 0.348. The fraction of sp³-hybridized carbons (Fsp3) is 0.938. The standard InChI is InChI=1S/C16H33NS/c1-3-4-5-6-7-8-9-10-11-12-13-14-15(2)16(17)18/h15H,3-14H2,1-2H3,(H2,17,18). The smallest absolute Gasteiger partial charge is 0.0755 e. The second kappa shape index (κ2) is 13.3. The predicted molar refractivity (Wildman–Crippen MR) is 87.0 cm³/mol. The lowest BCUT2D eigenvalue weighted by molar-refractivity contribution is 0.531. The van der Waals surface area contributed by atoms with Crippen molar-refractivity contribution in [3.05, 3.63) is 0 Å². The predicted octanol–water partition coefficient (Wildman–Crippen LogP) is 5.61. The third kappa shape index (κ3) is 12.3. The van der Waals surface area contributed by atoms with E-state index in [1.54, 1.807) is 0 Å². The van der Waals surface area contributed by atoms with Crippen LogP contribution in [0.2, 0.25) is 0 Å². The van der Waals surface area contributed by atoms with Crippen molar-refractivity contribution in [3.8, 4) is 0 Å². The molecule has 0 saturated carbocycles. The van der Waals surface area contributed by atoms with E-state index < -0.39 is 0 Å². The molecule has 0 aromatic rings. The molecule has 1 nitrogen and oxygen atoms in total. The molecule has 1 unspecified atom stereocenters. The van der Waals surface area contributed by atoms with Crippen LogP contribution in [0.25, 0.3) is 0 Å². The molecule has 0 fully saturated rings. The van der Waals surface area contributed by atoms with E-state index in [4.69, 9.17) is 18.0 Å². The Labute approximate surface area is 120 Å². The van der Waals surface area contributed by atoms with Crippen LogP contribution in [0.5, 0.6) is 0 Å². The first-order valence-electron chi connectivity index (χ1n) is 7.97. The normalized spacial score (nSPS) is 12.6. The largest absolute Gasteiger partial charge is 0.393 e. The lowest BCUT2D eigenvalue weighted by Gasteiger charge is -2.08. The summed E-state index contributed by atoms with van der Waals surface area (Å²) in [5.74, 6) is 0.429. The average molecular weight is 272 g/mol. The molecule has 0 spiro atoms. The lowest BCUT2D eigenvalue weighted by Crippen LogP contribution is -2.17. The van der Waals surface area contributed by atoms with Crippen LogP contribution < -0.4 is 5.73 Å². The minimum Gasteiger partial charge on any atom is -0.393 e. The van der Waals surface area contributed by atoms with Crippen LogP contribution in [0.4, 0.5) is 0 Å². The van der Waals surface area contributed by atoms with Gasteiger partial charge >= 0.3 is 0 Å². The van der Waals surface area contributed by atoms with E-state index in [2.05, 4.69) is 13.8 Å². The monoisotopic (exact) mass is 271 g/mol. The number of thiocarbonyl (C=S) groups is 1. The Morgan fingerprint density at radius 2 is 1.22 bits per heavy atom. The van der Waals surface area contributed by atoms with E-state index >= 15 is 0 Å². The zero-order chi connectivity index (χ0) is 13.6. The van der Waals surface area contributed by atoms with Crippen LogP contribution in [-0.4, -0.2) is 4.99 Å². The van der Waals surface area contributed by atoms with Gasteiger partial charge in [-0.1, -0.05) is 96.7 Å². The third-order valence-corrected chi connectivity index (χ3v) is 4.13. The van der Waals surface area contributed by atoms with Crippen molar-refractivity contribution in [1.29, 1.82) is 0 Å². The van der Waals surface area contributed by atoms with Crippen LogP contribution in [0.1, 0.15) is 90.9 Å². The summed E-state index contributed by atoms with van der Waals surface area (Å²) in [5.41, 5.74) is 5.60. The van der Waals surface area contributed by atoms with Gasteiger partial charge in [0.2, 0.25) is 0 Å². The van der Waals surface area contributed by atoms with E-state index in [1.165, 1.54) is 77.0 Å². The minimum absolute atomic E-state index is 0.429. The first-order chi connectivity index (χ1) is 8.68. The van der Waals surface area contributed by atoms with Gasteiger partial charge < -0.3 is 5.73 Å². The molecule has 2 heteroatoms. The highest BCUT2D eigenvalue weighted by atomic mass is 32.1. The third-order valence-electron chi connectivity index (χ3n) is 3.73. The van der Waals surface area contributed by atoms with Crippen molar-refractivity contribution in [2.24, 2.45) is 11.7 Å². The van der Waals surface area contributed by atoms with Crippen LogP contribution in [0, 0.1) is 5.92 Å². The van der Waals surface area contributed by atoms with Gasteiger partial charge in [0.25, 0.3) is 0 Å². The molecule has 0 amide bonds. The number of hydrogen-bond acceptors (Lipinski definition) is 1. The summed E-state index contributed by atoms with van der Waals surface area (Å²) in [4.78, 5) is 0.682. The van der Waals surface area contributed by atoms with Crippen molar-refractivity contribution < 1.29 is 0 Å². The summed E-state index contributed by atoms with van der Waals surface area (Å²) < 4.78 is 0. The Kier molecular flexibility index (Phi) is 13.2. The SMILES string of the molecule is CCCCCCCCCCCCCC(C)C(N)=S. The van der Waals surface area contributed by atoms with Crippen molar-refractivity contribution in [2.45, 2.75) is 90.9 Å². The fourth-order valence-corrected chi connectivity index (χ4v) is 2.37. The Balaban J connectivity index is 3.05. The number of nitrogens with two attached hydrogens (primary N) is 1. The molecule has 0 aromatic carbocycles. The molecule has 1 atom stereocenters. The van der Waals surface area contributed by atoms with E-state index in [0.29, 0.717) is 10.9 Å². The summed E-state index contributed by atoms with van der Waals surface area (Å²) >= 11 is 4.97. The summed E-state index contributed by atoms with van der Waals surface area (Å²) in [5, 5.41) is 0. The number of hydrogen-bond donors (Lipinski definition) is 1. The second-order valence-corrected chi connectivity index (χ2v) is 6.10. The van der Waals surface area contributed by atoms with E-state index in [-0.39, 0.29) is 0 Å². The average Bonchev–Trinajstić information content (AvgIpc) is 2.35. The summed E-state index contributed by atoms with van der Waals surface area (Å²) in [6.07, 6.45) is 16.6. The molecule has 0 saturated heterocycles. The highest BCUT2D eigenvalue weighted by Gasteiger charge is 2.03. The van der Waals surface area contributed by atoms with E-state index in [0.717, 1.165) is 0 Å². The molecule has 0 radical (unpaired) electrons. The molecular formula is C16H33NS. The minimum atomic E-state index is 0.429. The summed E-state index contributed by atoms with van der Waals surface area (Å²) in [6.45, 7) is 4.41. The van der Waals surface area contributed by atoms with Crippen molar-refractivity contribution >= 4 is 17.2 Å². The highest BCUT2D eigenvalue weighted by molar-refractivity contribution is 7.80. The topological polar surface area (TPSA) is 26.0 Å². The Bertz CT molecular complexity index is 192. The van der Waals surface area contributed by atoms with Gasteiger partial charge in [-0.05, 0) is 6.42 Å². The molecule has 18 heavy (non-hydrogen) atoms. The van der Waals surface area contributed by atoms with Gasteiger partial charge in [-0.3, -0.25) is 0 Å².